The number of ether oxygens (including phenoxy) is 1. The molecule has 1 aliphatic rings. The van der Waals surface area contributed by atoms with Gasteiger partial charge in [0.15, 0.2) is 0 Å². The third-order valence-electron chi connectivity index (χ3n) is 3.96. The lowest BCUT2D eigenvalue weighted by atomic mass is 9.98. The maximum atomic E-state index is 12.2. The summed E-state index contributed by atoms with van der Waals surface area (Å²) < 4.78 is 7.42. The molecule has 1 amide bonds. The standard InChI is InChI=1S/C16H29N5O2/c1-16(2,3)23-15(22)21-8-6-7-13(10-21)9-19(4)11-14-18-17-12-20(14)5/h12-13H,6-11H2,1-5H3/t13-/m1/s1. The Bertz CT molecular complexity index is 523. The van der Waals surface area contributed by atoms with Gasteiger partial charge in [-0.1, -0.05) is 0 Å². The molecule has 7 heteroatoms. The largest absolute Gasteiger partial charge is 0.444 e. The van der Waals surface area contributed by atoms with Crippen LogP contribution < -0.4 is 0 Å². The number of hydrogen-bond acceptors (Lipinski definition) is 5. The van der Waals surface area contributed by atoms with Crippen molar-refractivity contribution in [2.75, 3.05) is 26.7 Å². The second kappa shape index (κ2) is 7.29. The first-order valence-electron chi connectivity index (χ1n) is 8.24. The summed E-state index contributed by atoms with van der Waals surface area (Å²) in [4.78, 5) is 16.3. The fourth-order valence-electron chi connectivity index (χ4n) is 2.90. The van der Waals surface area contributed by atoms with Crippen LogP contribution in [0.1, 0.15) is 39.4 Å². The Morgan fingerprint density at radius 1 is 1.48 bits per heavy atom. The van der Waals surface area contributed by atoms with Crippen molar-refractivity contribution in [1.82, 2.24) is 24.6 Å². The molecule has 0 aliphatic carbocycles. The first kappa shape index (κ1) is 17.7. The van der Waals surface area contributed by atoms with Gasteiger partial charge in [0, 0.05) is 26.7 Å². The average Bonchev–Trinajstić information content (AvgIpc) is 2.82. The fraction of sp³-hybridized carbons (Fsp3) is 0.812. The molecule has 2 rings (SSSR count). The highest BCUT2D eigenvalue weighted by atomic mass is 16.6. The Kier molecular flexibility index (Phi) is 5.62. The predicted molar refractivity (Wildman–Crippen MR) is 87.9 cm³/mol. The van der Waals surface area contributed by atoms with Gasteiger partial charge >= 0.3 is 6.09 Å². The number of rotatable bonds is 4. The highest BCUT2D eigenvalue weighted by Gasteiger charge is 2.28. The fourth-order valence-corrected chi connectivity index (χ4v) is 2.90. The summed E-state index contributed by atoms with van der Waals surface area (Å²) >= 11 is 0. The number of carbonyl (C=O) groups is 1. The first-order valence-corrected chi connectivity index (χ1v) is 8.24. The molecule has 0 radical (unpaired) electrons. The zero-order valence-electron chi connectivity index (χ0n) is 14.9. The number of nitrogens with zero attached hydrogens (tertiary/aromatic N) is 5. The molecule has 23 heavy (non-hydrogen) atoms. The molecule has 7 nitrogen and oxygen atoms in total. The van der Waals surface area contributed by atoms with E-state index < -0.39 is 5.60 Å². The Hall–Kier alpha value is -1.63. The van der Waals surface area contributed by atoms with Crippen LogP contribution in [0, 0.1) is 5.92 Å². The molecule has 0 spiro atoms. The number of piperidine rings is 1. The molecule has 1 atom stereocenters. The summed E-state index contributed by atoms with van der Waals surface area (Å²) in [6.07, 6.45) is 3.69. The molecule has 0 unspecified atom stereocenters. The van der Waals surface area contributed by atoms with Gasteiger partial charge in [-0.25, -0.2) is 4.79 Å². The minimum Gasteiger partial charge on any atom is -0.444 e. The third kappa shape index (κ3) is 5.49. The van der Waals surface area contributed by atoms with Crippen LogP contribution in [0.15, 0.2) is 6.33 Å². The quantitative estimate of drug-likeness (QED) is 0.847. The van der Waals surface area contributed by atoms with Crippen molar-refractivity contribution >= 4 is 6.09 Å². The number of carbonyl (C=O) groups excluding carboxylic acids is 1. The van der Waals surface area contributed by atoms with Crippen LogP contribution in [-0.4, -0.2) is 62.9 Å². The number of aryl methyl sites for hydroxylation is 1. The van der Waals surface area contributed by atoms with Crippen molar-refractivity contribution < 1.29 is 9.53 Å². The van der Waals surface area contributed by atoms with E-state index in [0.29, 0.717) is 5.92 Å². The number of aromatic nitrogens is 3. The van der Waals surface area contributed by atoms with Gasteiger partial charge in [-0.05, 0) is 46.6 Å². The van der Waals surface area contributed by atoms with Crippen LogP contribution in [0.5, 0.6) is 0 Å². The molecule has 0 aromatic carbocycles. The normalized spacial score (nSPS) is 19.2. The zero-order chi connectivity index (χ0) is 17.0. The second-order valence-electron chi connectivity index (χ2n) is 7.49. The molecular weight excluding hydrogens is 294 g/mol. The van der Waals surface area contributed by atoms with Crippen molar-refractivity contribution in [3.05, 3.63) is 12.2 Å². The lowest BCUT2D eigenvalue weighted by molar-refractivity contribution is 0.0147. The van der Waals surface area contributed by atoms with E-state index in [-0.39, 0.29) is 6.09 Å². The van der Waals surface area contributed by atoms with Gasteiger partial charge in [0.1, 0.15) is 17.8 Å². The maximum absolute atomic E-state index is 12.2. The minimum atomic E-state index is -0.438. The SMILES string of the molecule is CN(Cc1nncn1C)C[C@H]1CCCN(C(=O)OC(C)(C)C)C1. The lowest BCUT2D eigenvalue weighted by Crippen LogP contribution is -2.45. The van der Waals surface area contributed by atoms with Gasteiger partial charge in [-0.3, -0.25) is 4.90 Å². The summed E-state index contributed by atoms with van der Waals surface area (Å²) in [7, 11) is 4.04. The highest BCUT2D eigenvalue weighted by molar-refractivity contribution is 5.68. The van der Waals surface area contributed by atoms with Crippen molar-refractivity contribution in [3.63, 3.8) is 0 Å². The molecule has 1 aromatic rings. The summed E-state index contributed by atoms with van der Waals surface area (Å²) in [6.45, 7) is 8.96. The zero-order valence-corrected chi connectivity index (χ0v) is 14.9. The molecule has 1 aromatic heterocycles. The number of amides is 1. The van der Waals surface area contributed by atoms with E-state index in [2.05, 4.69) is 22.1 Å². The predicted octanol–water partition coefficient (Wildman–Crippen LogP) is 1.89. The van der Waals surface area contributed by atoms with Crippen molar-refractivity contribution in [2.24, 2.45) is 13.0 Å². The lowest BCUT2D eigenvalue weighted by Gasteiger charge is -2.35. The van der Waals surface area contributed by atoms with E-state index in [9.17, 15) is 4.79 Å². The van der Waals surface area contributed by atoms with Crippen molar-refractivity contribution in [2.45, 2.75) is 45.8 Å². The van der Waals surface area contributed by atoms with Crippen molar-refractivity contribution in [1.29, 1.82) is 0 Å². The number of likely N-dealkylation sites (tertiary alicyclic amines) is 1. The first-order chi connectivity index (χ1) is 10.7. The Labute approximate surface area is 138 Å². The van der Waals surface area contributed by atoms with E-state index in [4.69, 9.17) is 4.74 Å². The van der Waals surface area contributed by atoms with Crippen LogP contribution in [0.3, 0.4) is 0 Å². The summed E-state index contributed by atoms with van der Waals surface area (Å²) in [5.41, 5.74) is -0.438. The molecule has 1 saturated heterocycles. The monoisotopic (exact) mass is 323 g/mol. The Morgan fingerprint density at radius 2 is 2.22 bits per heavy atom. The molecule has 1 aliphatic heterocycles. The molecule has 0 bridgehead atoms. The van der Waals surface area contributed by atoms with E-state index in [1.54, 1.807) is 6.33 Å². The second-order valence-corrected chi connectivity index (χ2v) is 7.49. The van der Waals surface area contributed by atoms with Gasteiger partial charge in [0.25, 0.3) is 0 Å². The summed E-state index contributed by atoms with van der Waals surface area (Å²) in [5.74, 6) is 1.42. The molecule has 2 heterocycles. The van der Waals surface area contributed by atoms with Crippen LogP contribution >= 0.6 is 0 Å². The van der Waals surface area contributed by atoms with Gasteiger partial charge in [-0.15, -0.1) is 10.2 Å². The van der Waals surface area contributed by atoms with Gasteiger partial charge in [-0.2, -0.15) is 0 Å². The van der Waals surface area contributed by atoms with Gasteiger partial charge in [0.05, 0.1) is 6.54 Å². The molecular formula is C16H29N5O2. The van der Waals surface area contributed by atoms with Crippen molar-refractivity contribution in [3.8, 4) is 0 Å². The van der Waals surface area contributed by atoms with Gasteiger partial charge in [0.2, 0.25) is 0 Å². The van der Waals surface area contributed by atoms with Crippen LogP contribution in [0.25, 0.3) is 0 Å². The molecule has 0 N–H and O–H groups in total. The van der Waals surface area contributed by atoms with E-state index in [1.807, 2.05) is 37.3 Å². The van der Waals surface area contributed by atoms with E-state index in [0.717, 1.165) is 44.8 Å². The number of hydrogen-bond donors (Lipinski definition) is 0. The molecule has 130 valence electrons. The minimum absolute atomic E-state index is 0.196. The highest BCUT2D eigenvalue weighted by Crippen LogP contribution is 2.20. The van der Waals surface area contributed by atoms with E-state index in [1.165, 1.54) is 0 Å². The maximum Gasteiger partial charge on any atom is 0.410 e. The van der Waals surface area contributed by atoms with Gasteiger partial charge < -0.3 is 14.2 Å². The Morgan fingerprint density at radius 3 is 2.83 bits per heavy atom. The van der Waals surface area contributed by atoms with Crippen LogP contribution in [0.2, 0.25) is 0 Å². The third-order valence-corrected chi connectivity index (χ3v) is 3.96. The average molecular weight is 323 g/mol. The van der Waals surface area contributed by atoms with Crippen LogP contribution in [0.4, 0.5) is 4.79 Å². The van der Waals surface area contributed by atoms with Crippen LogP contribution in [-0.2, 0) is 18.3 Å². The van der Waals surface area contributed by atoms with E-state index >= 15 is 0 Å². The smallest absolute Gasteiger partial charge is 0.410 e. The topological polar surface area (TPSA) is 63.5 Å². The summed E-state index contributed by atoms with van der Waals surface area (Å²) in [5, 5.41) is 8.03. The molecule has 1 fully saturated rings. The molecule has 0 saturated carbocycles. The Balaban J connectivity index is 1.83. The summed E-state index contributed by atoms with van der Waals surface area (Å²) in [6, 6.07) is 0.